The molecule has 0 aromatic heterocycles. The first kappa shape index (κ1) is 24.7. The number of rotatable bonds is 8. The molecule has 10 nitrogen and oxygen atoms in total. The number of benzene rings is 2. The lowest BCUT2D eigenvalue weighted by atomic mass is 10.1. The minimum absolute atomic E-state index is 0.0250. The van der Waals surface area contributed by atoms with Crippen molar-refractivity contribution in [3.63, 3.8) is 0 Å². The number of amides is 2. The molecule has 2 amide bonds. The van der Waals surface area contributed by atoms with Gasteiger partial charge in [-0.05, 0) is 36.6 Å². The smallest absolute Gasteiger partial charge is 0.413 e. The average molecular weight is 463 g/mol. The van der Waals surface area contributed by atoms with E-state index in [1.54, 1.807) is 18.2 Å². The molecule has 0 aliphatic carbocycles. The highest BCUT2D eigenvalue weighted by Gasteiger charge is 2.18. The van der Waals surface area contributed by atoms with Gasteiger partial charge < -0.3 is 20.0 Å². The third kappa shape index (κ3) is 7.58. The largest absolute Gasteiger partial charge is 0.453 e. The number of hydrogen-bond acceptors (Lipinski definition) is 7. The second-order valence-electron chi connectivity index (χ2n) is 7.12. The monoisotopic (exact) mass is 462 g/mol. The van der Waals surface area contributed by atoms with Crippen LogP contribution in [-0.4, -0.2) is 33.5 Å². The molecule has 11 heteroatoms. The Balaban J connectivity index is 2.35. The Kier molecular flexibility index (Phi) is 8.59. The number of nitrogens with one attached hydrogen (secondary N) is 2. The number of anilines is 1. The standard InChI is InChI=1S/C21H26N4O6S/c1-14(2)9-12-19(26)23-17-11-10-15(13-18(17)24-20(22)25-21(27)30-3)31-32(28,29)16-7-5-4-6-8-16/h4-8,10-11,13-14H,9,12H2,1-3H3,(H,23,26)(H3,22,24,25,27). The number of hydrogen-bond donors (Lipinski definition) is 3. The molecule has 172 valence electrons. The van der Waals surface area contributed by atoms with Gasteiger partial charge in [-0.3, -0.25) is 10.1 Å². The quantitative estimate of drug-likeness (QED) is 0.310. The summed E-state index contributed by atoms with van der Waals surface area (Å²) in [7, 11) is -2.93. The number of carbonyl (C=O) groups is 2. The fraction of sp³-hybridized carbons (Fsp3) is 0.286. The number of methoxy groups -OCH3 is 1. The van der Waals surface area contributed by atoms with Gasteiger partial charge in [-0.15, -0.1) is 0 Å². The van der Waals surface area contributed by atoms with Crippen LogP contribution in [0.3, 0.4) is 0 Å². The van der Waals surface area contributed by atoms with Crippen molar-refractivity contribution < 1.29 is 26.9 Å². The number of nitrogens with zero attached hydrogens (tertiary/aromatic N) is 1. The molecule has 0 heterocycles. The first-order valence-corrected chi connectivity index (χ1v) is 11.1. The van der Waals surface area contributed by atoms with Crippen molar-refractivity contribution in [3.8, 4) is 5.75 Å². The Labute approximate surface area is 186 Å². The van der Waals surface area contributed by atoms with Crippen molar-refractivity contribution in [3.05, 3.63) is 48.5 Å². The predicted molar refractivity (Wildman–Crippen MR) is 120 cm³/mol. The zero-order valence-electron chi connectivity index (χ0n) is 18.0. The highest BCUT2D eigenvalue weighted by atomic mass is 32.2. The normalized spacial score (nSPS) is 11.7. The summed E-state index contributed by atoms with van der Waals surface area (Å²) in [6.07, 6.45) is 0.137. The van der Waals surface area contributed by atoms with Gasteiger partial charge in [0.05, 0.1) is 18.5 Å². The van der Waals surface area contributed by atoms with Gasteiger partial charge in [0.1, 0.15) is 10.6 Å². The Hall–Kier alpha value is -3.60. The minimum atomic E-state index is -4.09. The van der Waals surface area contributed by atoms with E-state index in [1.165, 1.54) is 30.3 Å². The molecule has 2 rings (SSSR count). The number of alkyl carbamates (subject to hydrolysis) is 1. The zero-order chi connectivity index (χ0) is 23.7. The number of guanidine groups is 1. The maximum Gasteiger partial charge on any atom is 0.413 e. The van der Waals surface area contributed by atoms with E-state index in [-0.39, 0.29) is 40.3 Å². The predicted octanol–water partition coefficient (Wildman–Crippen LogP) is 3.13. The number of carbonyl (C=O) groups excluding carboxylic acids is 2. The van der Waals surface area contributed by atoms with Crippen LogP contribution in [-0.2, 0) is 19.6 Å². The molecule has 2 aromatic rings. The number of ether oxygens (including phenoxy) is 1. The molecular weight excluding hydrogens is 436 g/mol. The summed E-state index contributed by atoms with van der Waals surface area (Å²) in [6.45, 7) is 4.00. The van der Waals surface area contributed by atoms with Crippen LogP contribution in [0.2, 0.25) is 0 Å². The van der Waals surface area contributed by atoms with Crippen LogP contribution in [0.25, 0.3) is 0 Å². The maximum absolute atomic E-state index is 12.5. The number of aliphatic imine (C=N–C) groups is 1. The third-order valence-electron chi connectivity index (χ3n) is 4.09. The van der Waals surface area contributed by atoms with Gasteiger partial charge in [-0.25, -0.2) is 9.79 Å². The van der Waals surface area contributed by atoms with E-state index in [0.717, 1.165) is 7.11 Å². The SMILES string of the molecule is COC(=O)NC(N)=Nc1cc(OS(=O)(=O)c2ccccc2)ccc1NC(=O)CCC(C)C. The molecule has 0 unspecified atom stereocenters. The molecular formula is C21H26N4O6S. The second-order valence-corrected chi connectivity index (χ2v) is 8.67. The lowest BCUT2D eigenvalue weighted by Gasteiger charge is -2.13. The molecule has 0 spiro atoms. The Morgan fingerprint density at radius 3 is 2.44 bits per heavy atom. The van der Waals surface area contributed by atoms with Gasteiger partial charge in [0, 0.05) is 12.5 Å². The summed E-state index contributed by atoms with van der Waals surface area (Å²) in [4.78, 5) is 27.7. The van der Waals surface area contributed by atoms with Crippen LogP contribution in [0.1, 0.15) is 26.7 Å². The van der Waals surface area contributed by atoms with E-state index < -0.39 is 16.2 Å². The van der Waals surface area contributed by atoms with E-state index in [1.807, 2.05) is 13.8 Å². The molecule has 0 atom stereocenters. The van der Waals surface area contributed by atoms with Crippen LogP contribution in [0, 0.1) is 5.92 Å². The van der Waals surface area contributed by atoms with Crippen molar-refractivity contribution in [1.82, 2.24) is 5.32 Å². The molecule has 0 fully saturated rings. The van der Waals surface area contributed by atoms with Crippen molar-refractivity contribution in [2.75, 3.05) is 12.4 Å². The topological polar surface area (TPSA) is 149 Å². The van der Waals surface area contributed by atoms with Gasteiger partial charge >= 0.3 is 16.2 Å². The lowest BCUT2D eigenvalue weighted by molar-refractivity contribution is -0.116. The fourth-order valence-electron chi connectivity index (χ4n) is 2.47. The van der Waals surface area contributed by atoms with Crippen LogP contribution >= 0.6 is 0 Å². The van der Waals surface area contributed by atoms with Crippen LogP contribution in [0.5, 0.6) is 5.75 Å². The van der Waals surface area contributed by atoms with Crippen molar-refractivity contribution >= 4 is 39.5 Å². The molecule has 0 aliphatic rings. The minimum Gasteiger partial charge on any atom is -0.453 e. The van der Waals surface area contributed by atoms with Gasteiger partial charge in [0.2, 0.25) is 11.9 Å². The summed E-state index contributed by atoms with van der Waals surface area (Å²) < 4.78 is 34.7. The van der Waals surface area contributed by atoms with E-state index in [9.17, 15) is 18.0 Å². The first-order valence-electron chi connectivity index (χ1n) is 9.73. The van der Waals surface area contributed by atoms with Gasteiger partial charge in [0.15, 0.2) is 0 Å². The maximum atomic E-state index is 12.5. The highest BCUT2D eigenvalue weighted by molar-refractivity contribution is 7.87. The summed E-state index contributed by atoms with van der Waals surface area (Å²) >= 11 is 0. The van der Waals surface area contributed by atoms with Crippen molar-refractivity contribution in [2.45, 2.75) is 31.6 Å². The van der Waals surface area contributed by atoms with E-state index >= 15 is 0 Å². The molecule has 32 heavy (non-hydrogen) atoms. The fourth-order valence-corrected chi connectivity index (χ4v) is 3.41. The average Bonchev–Trinajstić information content (AvgIpc) is 2.74. The molecule has 0 bridgehead atoms. The van der Waals surface area contributed by atoms with Gasteiger partial charge in [-0.2, -0.15) is 8.42 Å². The molecule has 0 saturated heterocycles. The molecule has 4 N–H and O–H groups in total. The van der Waals surface area contributed by atoms with Crippen LogP contribution in [0.15, 0.2) is 58.4 Å². The van der Waals surface area contributed by atoms with E-state index in [2.05, 4.69) is 20.4 Å². The molecule has 0 saturated carbocycles. The Morgan fingerprint density at radius 1 is 1.12 bits per heavy atom. The van der Waals surface area contributed by atoms with E-state index in [4.69, 9.17) is 9.92 Å². The van der Waals surface area contributed by atoms with Crippen LogP contribution < -0.4 is 20.6 Å². The lowest BCUT2D eigenvalue weighted by Crippen LogP contribution is -2.36. The third-order valence-corrected chi connectivity index (χ3v) is 5.35. The molecule has 0 radical (unpaired) electrons. The Morgan fingerprint density at radius 2 is 1.81 bits per heavy atom. The summed E-state index contributed by atoms with van der Waals surface area (Å²) in [5.41, 5.74) is 6.06. The van der Waals surface area contributed by atoms with E-state index in [0.29, 0.717) is 12.3 Å². The van der Waals surface area contributed by atoms with Crippen molar-refractivity contribution in [2.24, 2.45) is 16.6 Å². The second kappa shape index (κ2) is 11.1. The van der Waals surface area contributed by atoms with Crippen molar-refractivity contribution in [1.29, 1.82) is 0 Å². The van der Waals surface area contributed by atoms with Crippen LogP contribution in [0.4, 0.5) is 16.2 Å². The molecule has 0 aliphatic heterocycles. The van der Waals surface area contributed by atoms with Gasteiger partial charge in [0.25, 0.3) is 0 Å². The summed E-state index contributed by atoms with van der Waals surface area (Å²) in [6, 6.07) is 11.7. The zero-order valence-corrected chi connectivity index (χ0v) is 18.8. The highest BCUT2D eigenvalue weighted by Crippen LogP contribution is 2.31. The summed E-state index contributed by atoms with van der Waals surface area (Å²) in [5.74, 6) is -0.284. The van der Waals surface area contributed by atoms with Gasteiger partial charge in [-0.1, -0.05) is 32.0 Å². The molecule has 2 aromatic carbocycles. The Bertz CT molecular complexity index is 1080. The first-order chi connectivity index (χ1) is 15.1. The summed E-state index contributed by atoms with van der Waals surface area (Å²) in [5, 5.41) is 4.90. The number of nitrogens with two attached hydrogens (primary N) is 1.